The first-order valence-corrected chi connectivity index (χ1v) is 7.27. The molecule has 5 heteroatoms. The largest absolute Gasteiger partial charge is 0.339 e. The highest BCUT2D eigenvalue weighted by Gasteiger charge is 2.15. The maximum Gasteiger partial charge on any atom is 0.226 e. The van der Waals surface area contributed by atoms with Gasteiger partial charge in [0.1, 0.15) is 0 Å². The normalized spacial score (nSPS) is 19.1. The Hall–Kier alpha value is -1.75. The number of piperidine rings is 1. The molecule has 1 saturated heterocycles. The molecule has 0 spiro atoms. The van der Waals surface area contributed by atoms with E-state index in [1.54, 1.807) is 6.20 Å². The molecule has 1 aliphatic rings. The van der Waals surface area contributed by atoms with Crippen LogP contribution in [0.3, 0.4) is 0 Å². The van der Waals surface area contributed by atoms with Crippen LogP contribution in [0.25, 0.3) is 11.4 Å². The van der Waals surface area contributed by atoms with E-state index in [4.69, 9.17) is 4.52 Å². The van der Waals surface area contributed by atoms with Crippen molar-refractivity contribution in [1.82, 2.24) is 20.4 Å². The average Bonchev–Trinajstić information content (AvgIpc) is 2.95. The van der Waals surface area contributed by atoms with Crippen molar-refractivity contribution in [3.63, 3.8) is 0 Å². The molecule has 0 aromatic carbocycles. The summed E-state index contributed by atoms with van der Waals surface area (Å²) in [5.41, 5.74) is 2.06. The fourth-order valence-electron chi connectivity index (χ4n) is 2.69. The first kappa shape index (κ1) is 13.2. The topological polar surface area (TPSA) is 63.8 Å². The van der Waals surface area contributed by atoms with E-state index in [0.29, 0.717) is 5.82 Å². The van der Waals surface area contributed by atoms with Crippen molar-refractivity contribution in [2.24, 2.45) is 5.92 Å². The smallest absolute Gasteiger partial charge is 0.226 e. The number of nitrogens with zero attached hydrogens (tertiary/aromatic N) is 3. The summed E-state index contributed by atoms with van der Waals surface area (Å²) in [4.78, 5) is 8.58. The third-order valence-electron chi connectivity index (χ3n) is 3.89. The molecule has 1 unspecified atom stereocenters. The van der Waals surface area contributed by atoms with Crippen molar-refractivity contribution in [1.29, 1.82) is 0 Å². The van der Waals surface area contributed by atoms with Crippen LogP contribution in [0, 0.1) is 12.8 Å². The molecule has 0 radical (unpaired) electrons. The molecule has 0 aliphatic carbocycles. The number of pyridine rings is 1. The molecular weight excluding hydrogens is 252 g/mol. The lowest BCUT2D eigenvalue weighted by atomic mass is 9.95. The minimum Gasteiger partial charge on any atom is -0.339 e. The van der Waals surface area contributed by atoms with Gasteiger partial charge >= 0.3 is 0 Å². The van der Waals surface area contributed by atoms with E-state index in [1.807, 2.05) is 19.2 Å². The molecule has 1 atom stereocenters. The first-order valence-electron chi connectivity index (χ1n) is 7.27. The highest BCUT2D eigenvalue weighted by atomic mass is 16.5. The molecule has 20 heavy (non-hydrogen) atoms. The van der Waals surface area contributed by atoms with Gasteiger partial charge in [-0.25, -0.2) is 0 Å². The fraction of sp³-hybridized carbons (Fsp3) is 0.533. The summed E-state index contributed by atoms with van der Waals surface area (Å²) in [5.74, 6) is 2.14. The third kappa shape index (κ3) is 3.04. The summed E-state index contributed by atoms with van der Waals surface area (Å²) < 4.78 is 5.36. The van der Waals surface area contributed by atoms with Gasteiger partial charge in [-0.2, -0.15) is 4.98 Å². The highest BCUT2D eigenvalue weighted by Crippen LogP contribution is 2.21. The lowest BCUT2D eigenvalue weighted by molar-refractivity contribution is 0.327. The van der Waals surface area contributed by atoms with Crippen LogP contribution < -0.4 is 5.32 Å². The van der Waals surface area contributed by atoms with Crippen LogP contribution in [0.2, 0.25) is 0 Å². The second kappa shape index (κ2) is 6.13. The van der Waals surface area contributed by atoms with E-state index in [2.05, 4.69) is 20.4 Å². The predicted octanol–water partition coefficient (Wildman–Crippen LogP) is 2.37. The van der Waals surface area contributed by atoms with Gasteiger partial charge in [0.15, 0.2) is 0 Å². The Morgan fingerprint density at radius 2 is 2.40 bits per heavy atom. The number of nitrogens with one attached hydrogen (secondary N) is 1. The molecule has 3 rings (SSSR count). The maximum atomic E-state index is 5.36. The maximum absolute atomic E-state index is 5.36. The lowest BCUT2D eigenvalue weighted by Gasteiger charge is -2.21. The molecular formula is C15H20N4O. The lowest BCUT2D eigenvalue weighted by Crippen LogP contribution is -2.29. The quantitative estimate of drug-likeness (QED) is 0.925. The van der Waals surface area contributed by atoms with Crippen molar-refractivity contribution < 1.29 is 4.52 Å². The standard InChI is InChI=1S/C15H20N4O/c1-11-9-17-8-6-13(11)15-18-14(20-19-15)5-4-12-3-2-7-16-10-12/h6,8-9,12,16H,2-5,7,10H2,1H3. The van der Waals surface area contributed by atoms with Crippen molar-refractivity contribution in [2.75, 3.05) is 13.1 Å². The van der Waals surface area contributed by atoms with Gasteiger partial charge in [0, 0.05) is 24.4 Å². The van der Waals surface area contributed by atoms with E-state index in [9.17, 15) is 0 Å². The Morgan fingerprint density at radius 1 is 1.45 bits per heavy atom. The zero-order valence-corrected chi connectivity index (χ0v) is 11.8. The van der Waals surface area contributed by atoms with Gasteiger partial charge in [-0.05, 0) is 56.8 Å². The molecule has 1 fully saturated rings. The monoisotopic (exact) mass is 272 g/mol. The molecule has 1 aliphatic heterocycles. The molecule has 5 nitrogen and oxygen atoms in total. The van der Waals surface area contributed by atoms with E-state index in [-0.39, 0.29) is 0 Å². The second-order valence-corrected chi connectivity index (χ2v) is 5.45. The number of aromatic nitrogens is 3. The fourth-order valence-corrected chi connectivity index (χ4v) is 2.69. The van der Waals surface area contributed by atoms with E-state index in [0.717, 1.165) is 48.9 Å². The Labute approximate surface area is 118 Å². The zero-order chi connectivity index (χ0) is 13.8. The third-order valence-corrected chi connectivity index (χ3v) is 3.89. The van der Waals surface area contributed by atoms with Gasteiger partial charge < -0.3 is 9.84 Å². The molecule has 3 heterocycles. The average molecular weight is 272 g/mol. The van der Waals surface area contributed by atoms with Crippen molar-refractivity contribution in [2.45, 2.75) is 32.6 Å². The van der Waals surface area contributed by atoms with Crippen LogP contribution in [-0.2, 0) is 6.42 Å². The predicted molar refractivity (Wildman–Crippen MR) is 76.2 cm³/mol. The van der Waals surface area contributed by atoms with Gasteiger partial charge in [-0.1, -0.05) is 5.16 Å². The molecule has 2 aromatic rings. The number of aryl methyl sites for hydroxylation is 2. The van der Waals surface area contributed by atoms with Gasteiger partial charge in [0.2, 0.25) is 11.7 Å². The van der Waals surface area contributed by atoms with Crippen LogP contribution in [0.1, 0.15) is 30.7 Å². The van der Waals surface area contributed by atoms with Crippen LogP contribution in [0.5, 0.6) is 0 Å². The van der Waals surface area contributed by atoms with Crippen LogP contribution in [0.4, 0.5) is 0 Å². The first-order chi connectivity index (χ1) is 9.83. The SMILES string of the molecule is Cc1cnccc1-c1noc(CCC2CCCNC2)n1. The van der Waals surface area contributed by atoms with Crippen molar-refractivity contribution in [3.8, 4) is 11.4 Å². The summed E-state index contributed by atoms with van der Waals surface area (Å²) in [5, 5.41) is 7.52. The van der Waals surface area contributed by atoms with Crippen LogP contribution in [-0.4, -0.2) is 28.2 Å². The van der Waals surface area contributed by atoms with E-state index >= 15 is 0 Å². The Bertz CT molecular complexity index is 561. The molecule has 0 amide bonds. The van der Waals surface area contributed by atoms with E-state index < -0.39 is 0 Å². The Balaban J connectivity index is 1.63. The van der Waals surface area contributed by atoms with Crippen molar-refractivity contribution >= 4 is 0 Å². The van der Waals surface area contributed by atoms with Gasteiger partial charge in [0.05, 0.1) is 0 Å². The van der Waals surface area contributed by atoms with Gasteiger partial charge in [-0.15, -0.1) is 0 Å². The van der Waals surface area contributed by atoms with Gasteiger partial charge in [-0.3, -0.25) is 4.98 Å². The summed E-state index contributed by atoms with van der Waals surface area (Å²) in [7, 11) is 0. The van der Waals surface area contributed by atoms with Crippen LogP contribution in [0.15, 0.2) is 23.0 Å². The molecule has 106 valence electrons. The minimum absolute atomic E-state index is 0.668. The van der Waals surface area contributed by atoms with E-state index in [1.165, 1.54) is 12.8 Å². The highest BCUT2D eigenvalue weighted by molar-refractivity contribution is 5.57. The summed E-state index contributed by atoms with van der Waals surface area (Å²) in [6.07, 6.45) is 8.13. The molecule has 2 aromatic heterocycles. The summed E-state index contributed by atoms with van der Waals surface area (Å²) in [6.45, 7) is 4.28. The van der Waals surface area contributed by atoms with Gasteiger partial charge in [0.25, 0.3) is 0 Å². The zero-order valence-electron chi connectivity index (χ0n) is 11.8. The molecule has 1 N–H and O–H groups in total. The molecule has 0 saturated carbocycles. The molecule has 0 bridgehead atoms. The summed E-state index contributed by atoms with van der Waals surface area (Å²) in [6, 6.07) is 1.93. The van der Waals surface area contributed by atoms with Crippen molar-refractivity contribution in [3.05, 3.63) is 29.9 Å². The Morgan fingerprint density at radius 3 is 3.20 bits per heavy atom. The number of hydrogen-bond donors (Lipinski definition) is 1. The Kier molecular flexibility index (Phi) is 4.06. The second-order valence-electron chi connectivity index (χ2n) is 5.45. The number of hydrogen-bond acceptors (Lipinski definition) is 5. The summed E-state index contributed by atoms with van der Waals surface area (Å²) >= 11 is 0. The minimum atomic E-state index is 0.668. The van der Waals surface area contributed by atoms with Crippen LogP contribution >= 0.6 is 0 Å². The number of rotatable bonds is 4.